The van der Waals surface area contributed by atoms with Crippen molar-refractivity contribution in [1.29, 1.82) is 0 Å². The largest absolute Gasteiger partial charge is 0.324 e. The second kappa shape index (κ2) is 8.59. The fourth-order valence-corrected chi connectivity index (χ4v) is 4.19. The summed E-state index contributed by atoms with van der Waals surface area (Å²) in [5.74, 6) is -2.93. The molecule has 3 rings (SSSR count). The monoisotopic (exact) mass is 436 g/mol. The Balaban J connectivity index is 1.93. The maximum Gasteiger partial charge on any atom is 0.264 e. The van der Waals surface area contributed by atoms with Crippen molar-refractivity contribution in [2.45, 2.75) is 4.90 Å². The Morgan fingerprint density at radius 2 is 1.66 bits per heavy atom. The Morgan fingerprint density at radius 1 is 0.931 bits per heavy atom. The minimum atomic E-state index is -4.09. The molecule has 0 aromatic heterocycles. The lowest BCUT2D eigenvalue weighted by Crippen LogP contribution is -2.38. The Bertz CT molecular complexity index is 1140. The van der Waals surface area contributed by atoms with Gasteiger partial charge in [-0.15, -0.1) is 0 Å². The van der Waals surface area contributed by atoms with Gasteiger partial charge >= 0.3 is 0 Å². The third-order valence-electron chi connectivity index (χ3n) is 3.92. The second-order valence-electron chi connectivity index (χ2n) is 5.98. The lowest BCUT2D eigenvalue weighted by atomic mass is 10.3. The summed E-state index contributed by atoms with van der Waals surface area (Å²) in [5, 5.41) is 2.65. The van der Waals surface area contributed by atoms with Crippen LogP contribution < -0.4 is 9.62 Å². The molecule has 0 heterocycles. The number of halogens is 3. The number of sulfonamides is 1. The third-order valence-corrected chi connectivity index (χ3v) is 5.94. The first kappa shape index (κ1) is 20.8. The van der Waals surface area contributed by atoms with Gasteiger partial charge in [-0.05, 0) is 42.5 Å². The zero-order valence-electron chi connectivity index (χ0n) is 14.8. The van der Waals surface area contributed by atoms with Gasteiger partial charge in [0.05, 0.1) is 10.6 Å². The molecule has 0 saturated carbocycles. The standard InChI is InChI=1S/C20H15ClF2N2O3S/c21-14-5-4-6-16(11-14)25(29(27,28)17-7-2-1-3-8-17)13-20(26)24-15-9-10-18(22)19(23)12-15/h1-12H,13H2,(H,24,26). The van der Waals surface area contributed by atoms with Gasteiger partial charge in [-0.3, -0.25) is 9.10 Å². The van der Waals surface area contributed by atoms with Gasteiger partial charge in [0.1, 0.15) is 6.54 Å². The van der Waals surface area contributed by atoms with Crippen LogP contribution in [0.3, 0.4) is 0 Å². The van der Waals surface area contributed by atoms with E-state index in [-0.39, 0.29) is 21.3 Å². The van der Waals surface area contributed by atoms with Crippen molar-refractivity contribution in [2.24, 2.45) is 0 Å². The molecule has 0 atom stereocenters. The van der Waals surface area contributed by atoms with E-state index in [1.807, 2.05) is 0 Å². The molecule has 1 amide bonds. The predicted molar refractivity (Wildman–Crippen MR) is 107 cm³/mol. The van der Waals surface area contributed by atoms with Crippen LogP contribution in [0, 0.1) is 11.6 Å². The summed E-state index contributed by atoms with van der Waals surface area (Å²) in [7, 11) is -4.09. The first-order valence-electron chi connectivity index (χ1n) is 8.35. The zero-order valence-corrected chi connectivity index (χ0v) is 16.4. The van der Waals surface area contributed by atoms with Crippen molar-refractivity contribution < 1.29 is 22.0 Å². The number of anilines is 2. The van der Waals surface area contributed by atoms with Crippen molar-refractivity contribution in [3.05, 3.63) is 89.5 Å². The summed E-state index contributed by atoms with van der Waals surface area (Å²) in [6.45, 7) is -0.601. The molecule has 29 heavy (non-hydrogen) atoms. The van der Waals surface area contributed by atoms with Crippen LogP contribution >= 0.6 is 11.6 Å². The fraction of sp³-hybridized carbons (Fsp3) is 0.0500. The van der Waals surface area contributed by atoms with E-state index in [1.54, 1.807) is 30.3 Å². The van der Waals surface area contributed by atoms with Gasteiger partial charge < -0.3 is 5.32 Å². The molecular formula is C20H15ClF2N2O3S. The lowest BCUT2D eigenvalue weighted by Gasteiger charge is -2.24. The zero-order chi connectivity index (χ0) is 21.0. The summed E-state index contributed by atoms with van der Waals surface area (Å²) in [5.41, 5.74) is 0.179. The van der Waals surface area contributed by atoms with Crippen molar-refractivity contribution in [1.82, 2.24) is 0 Å². The van der Waals surface area contributed by atoms with Gasteiger partial charge in [0.15, 0.2) is 11.6 Å². The highest BCUT2D eigenvalue weighted by molar-refractivity contribution is 7.92. The topological polar surface area (TPSA) is 66.5 Å². The van der Waals surface area contributed by atoms with E-state index < -0.39 is 34.1 Å². The van der Waals surface area contributed by atoms with Gasteiger partial charge in [0.25, 0.3) is 10.0 Å². The molecule has 1 N–H and O–H groups in total. The highest BCUT2D eigenvalue weighted by Crippen LogP contribution is 2.26. The highest BCUT2D eigenvalue weighted by atomic mass is 35.5. The number of nitrogens with one attached hydrogen (secondary N) is 1. The summed E-state index contributed by atoms with van der Waals surface area (Å²) < 4.78 is 53.6. The van der Waals surface area contributed by atoms with Crippen LogP contribution in [0.2, 0.25) is 5.02 Å². The number of rotatable bonds is 6. The molecule has 3 aromatic carbocycles. The van der Waals surface area contributed by atoms with Gasteiger partial charge in [-0.1, -0.05) is 35.9 Å². The SMILES string of the molecule is O=C(CN(c1cccc(Cl)c1)S(=O)(=O)c1ccccc1)Nc1ccc(F)c(F)c1. The molecule has 9 heteroatoms. The molecule has 0 aliphatic rings. The van der Waals surface area contributed by atoms with E-state index >= 15 is 0 Å². The maximum absolute atomic E-state index is 13.4. The minimum absolute atomic E-state index is 0.00273. The van der Waals surface area contributed by atoms with Crippen LogP contribution in [0.15, 0.2) is 77.7 Å². The van der Waals surface area contributed by atoms with Gasteiger partial charge in [0, 0.05) is 16.8 Å². The predicted octanol–water partition coefficient (Wildman–Crippen LogP) is 4.45. The second-order valence-corrected chi connectivity index (χ2v) is 8.28. The molecular weight excluding hydrogens is 422 g/mol. The third kappa shape index (κ3) is 4.90. The average Bonchev–Trinajstić information content (AvgIpc) is 2.69. The van der Waals surface area contributed by atoms with Crippen molar-refractivity contribution in [3.63, 3.8) is 0 Å². The number of carbonyl (C=O) groups excluding carboxylic acids is 1. The van der Waals surface area contributed by atoms with Crippen LogP contribution in [-0.2, 0) is 14.8 Å². The first-order valence-corrected chi connectivity index (χ1v) is 10.2. The molecule has 5 nitrogen and oxygen atoms in total. The molecule has 0 saturated heterocycles. The molecule has 0 aliphatic heterocycles. The summed E-state index contributed by atoms with van der Waals surface area (Å²) >= 11 is 5.98. The number of hydrogen-bond acceptors (Lipinski definition) is 3. The van der Waals surface area contributed by atoms with Gasteiger partial charge in [-0.25, -0.2) is 17.2 Å². The van der Waals surface area contributed by atoms with E-state index in [4.69, 9.17) is 11.6 Å². The molecule has 0 radical (unpaired) electrons. The summed E-state index contributed by atoms with van der Waals surface area (Å²) in [4.78, 5) is 12.5. The van der Waals surface area contributed by atoms with E-state index in [2.05, 4.69) is 5.32 Å². The molecule has 0 unspecified atom stereocenters. The number of amides is 1. The van der Waals surface area contributed by atoms with E-state index in [9.17, 15) is 22.0 Å². The number of carbonyl (C=O) groups is 1. The van der Waals surface area contributed by atoms with Crippen LogP contribution in [0.1, 0.15) is 0 Å². The molecule has 0 aliphatic carbocycles. The number of nitrogens with zero attached hydrogens (tertiary/aromatic N) is 1. The molecule has 3 aromatic rings. The van der Waals surface area contributed by atoms with Crippen molar-refractivity contribution >= 4 is 38.9 Å². The Morgan fingerprint density at radius 3 is 2.31 bits per heavy atom. The van der Waals surface area contributed by atoms with Gasteiger partial charge in [-0.2, -0.15) is 0 Å². The smallest absolute Gasteiger partial charge is 0.264 e. The molecule has 0 spiro atoms. The maximum atomic E-state index is 13.4. The van der Waals surface area contributed by atoms with E-state index in [0.717, 1.165) is 16.4 Å². The van der Waals surface area contributed by atoms with Crippen LogP contribution in [-0.4, -0.2) is 20.9 Å². The number of hydrogen-bond donors (Lipinski definition) is 1. The van der Waals surface area contributed by atoms with Crippen LogP contribution in [0.4, 0.5) is 20.2 Å². The quantitative estimate of drug-likeness (QED) is 0.620. The Kier molecular flexibility index (Phi) is 6.14. The fourth-order valence-electron chi connectivity index (χ4n) is 2.57. The van der Waals surface area contributed by atoms with Crippen molar-refractivity contribution in [3.8, 4) is 0 Å². The summed E-state index contributed by atoms with van der Waals surface area (Å²) in [6.07, 6.45) is 0. The Labute approximate surface area is 171 Å². The lowest BCUT2D eigenvalue weighted by molar-refractivity contribution is -0.114. The molecule has 0 fully saturated rings. The minimum Gasteiger partial charge on any atom is -0.324 e. The van der Waals surface area contributed by atoms with Crippen LogP contribution in [0.5, 0.6) is 0 Å². The normalized spacial score (nSPS) is 11.1. The van der Waals surface area contributed by atoms with Crippen LogP contribution in [0.25, 0.3) is 0 Å². The molecule has 150 valence electrons. The highest BCUT2D eigenvalue weighted by Gasteiger charge is 2.27. The Hall–Kier alpha value is -2.97. The van der Waals surface area contributed by atoms with E-state index in [1.165, 1.54) is 30.3 Å². The average molecular weight is 437 g/mol. The molecule has 0 bridgehead atoms. The van der Waals surface area contributed by atoms with Gasteiger partial charge in [0.2, 0.25) is 5.91 Å². The van der Waals surface area contributed by atoms with E-state index in [0.29, 0.717) is 0 Å². The van der Waals surface area contributed by atoms with Crippen molar-refractivity contribution in [2.75, 3.05) is 16.2 Å². The first-order chi connectivity index (χ1) is 13.8. The number of benzene rings is 3. The summed E-state index contributed by atoms with van der Waals surface area (Å²) in [6, 6.07) is 16.5.